The van der Waals surface area contributed by atoms with E-state index in [1.54, 1.807) is 6.07 Å². The molecule has 0 atom stereocenters. The third kappa shape index (κ3) is 6.76. The van der Waals surface area contributed by atoms with Crippen LogP contribution in [0.4, 0.5) is 0 Å². The number of aromatic hydroxyl groups is 2. The minimum atomic E-state index is -0.142. The van der Waals surface area contributed by atoms with Crippen molar-refractivity contribution in [3.8, 4) is 11.5 Å². The molecule has 0 aliphatic heterocycles. The van der Waals surface area contributed by atoms with Crippen LogP contribution in [0.1, 0.15) is 107 Å². The Balaban J connectivity index is 2.00. The molecule has 0 fully saturated rings. The predicted octanol–water partition coefficient (Wildman–Crippen LogP) is 7.70. The van der Waals surface area contributed by atoms with Gasteiger partial charge in [-0.05, 0) is 42.3 Å². The molecule has 3 nitrogen and oxygen atoms in total. The van der Waals surface area contributed by atoms with E-state index in [4.69, 9.17) is 0 Å². The lowest BCUT2D eigenvalue weighted by Gasteiger charge is -2.14. The maximum absolute atomic E-state index is 13.1. The highest BCUT2D eigenvalue weighted by Crippen LogP contribution is 2.37. The molecule has 0 heterocycles. The number of phenolic OH excluding ortho intramolecular Hbond substituents is 2. The molecule has 0 unspecified atom stereocenters. The first-order valence-electron chi connectivity index (χ1n) is 11.6. The molecule has 29 heavy (non-hydrogen) atoms. The van der Waals surface area contributed by atoms with Crippen molar-refractivity contribution in [1.82, 2.24) is 0 Å². The third-order valence-electron chi connectivity index (χ3n) is 5.82. The predicted molar refractivity (Wildman–Crippen MR) is 122 cm³/mol. The van der Waals surface area contributed by atoms with Gasteiger partial charge < -0.3 is 10.2 Å². The van der Waals surface area contributed by atoms with E-state index in [1.807, 2.05) is 12.1 Å². The van der Waals surface area contributed by atoms with E-state index in [1.165, 1.54) is 51.0 Å². The lowest BCUT2D eigenvalue weighted by atomic mass is 9.90. The maximum atomic E-state index is 13.1. The summed E-state index contributed by atoms with van der Waals surface area (Å²) in [6.07, 6.45) is 14.6. The summed E-state index contributed by atoms with van der Waals surface area (Å²) in [7, 11) is 0. The number of phenols is 2. The fourth-order valence-electron chi connectivity index (χ4n) is 4.05. The molecule has 0 amide bonds. The van der Waals surface area contributed by atoms with E-state index in [-0.39, 0.29) is 17.3 Å². The van der Waals surface area contributed by atoms with Crippen molar-refractivity contribution in [3.63, 3.8) is 0 Å². The zero-order valence-electron chi connectivity index (χ0n) is 18.3. The quantitative estimate of drug-likeness (QED) is 0.195. The first-order valence-corrected chi connectivity index (χ1v) is 11.6. The highest BCUT2D eigenvalue weighted by molar-refractivity contribution is 6.11. The number of aryl methyl sites for hydroxylation is 1. The van der Waals surface area contributed by atoms with Gasteiger partial charge in [-0.2, -0.15) is 0 Å². The van der Waals surface area contributed by atoms with Crippen LogP contribution in [0.2, 0.25) is 0 Å². The molecule has 0 bridgehead atoms. The summed E-state index contributed by atoms with van der Waals surface area (Å²) in [5.41, 5.74) is 1.80. The monoisotopic (exact) mass is 398 g/mol. The normalized spacial score (nSPS) is 11.2. The van der Waals surface area contributed by atoms with Crippen LogP contribution in [0.5, 0.6) is 11.5 Å². The number of carbonyl (C=O) groups is 1. The smallest absolute Gasteiger partial charge is 0.165 e. The molecule has 0 saturated heterocycles. The van der Waals surface area contributed by atoms with Crippen molar-refractivity contribution >= 4 is 16.6 Å². The molecule has 2 N–H and O–H groups in total. The van der Waals surface area contributed by atoms with Crippen LogP contribution >= 0.6 is 0 Å². The molecular weight excluding hydrogens is 360 g/mol. The van der Waals surface area contributed by atoms with E-state index < -0.39 is 0 Å². The lowest BCUT2D eigenvalue weighted by molar-refractivity contribution is 0.0979. The second-order valence-corrected chi connectivity index (χ2v) is 8.23. The molecule has 3 heteroatoms. The van der Waals surface area contributed by atoms with Crippen LogP contribution in [0.25, 0.3) is 10.8 Å². The molecule has 2 rings (SSSR count). The number of unbranched alkanes of at least 4 members (excludes halogenated alkanes) is 9. The van der Waals surface area contributed by atoms with Crippen molar-refractivity contribution in [1.29, 1.82) is 0 Å². The van der Waals surface area contributed by atoms with Crippen molar-refractivity contribution in [2.75, 3.05) is 0 Å². The Bertz CT molecular complexity index is 779. The Morgan fingerprint density at radius 2 is 1.31 bits per heavy atom. The number of hydrogen-bond donors (Lipinski definition) is 2. The van der Waals surface area contributed by atoms with E-state index in [0.717, 1.165) is 48.6 Å². The Kier molecular flexibility index (Phi) is 10.0. The van der Waals surface area contributed by atoms with E-state index in [9.17, 15) is 15.0 Å². The van der Waals surface area contributed by atoms with Gasteiger partial charge in [0.25, 0.3) is 0 Å². The molecule has 0 saturated carbocycles. The van der Waals surface area contributed by atoms with Gasteiger partial charge in [0, 0.05) is 17.4 Å². The van der Waals surface area contributed by atoms with Crippen LogP contribution in [0.15, 0.2) is 24.3 Å². The third-order valence-corrected chi connectivity index (χ3v) is 5.82. The summed E-state index contributed by atoms with van der Waals surface area (Å²) in [6.45, 7) is 4.39. The summed E-state index contributed by atoms with van der Waals surface area (Å²) in [5.74, 6) is -0.118. The number of benzene rings is 2. The van der Waals surface area contributed by atoms with Crippen LogP contribution in [-0.4, -0.2) is 16.0 Å². The molecule has 160 valence electrons. The fourth-order valence-corrected chi connectivity index (χ4v) is 4.05. The number of Topliss-reactive ketones (excluding diaryl/α,β-unsaturated/α-hetero) is 1. The molecule has 0 aromatic heterocycles. The Labute approximate surface area is 176 Å². The average Bonchev–Trinajstić information content (AvgIpc) is 2.73. The van der Waals surface area contributed by atoms with Gasteiger partial charge in [-0.3, -0.25) is 4.79 Å². The number of rotatable bonds is 14. The molecular formula is C26H38O3. The molecule has 2 aromatic carbocycles. The summed E-state index contributed by atoms with van der Waals surface area (Å²) in [5, 5.41) is 21.4. The summed E-state index contributed by atoms with van der Waals surface area (Å²) >= 11 is 0. The van der Waals surface area contributed by atoms with E-state index in [2.05, 4.69) is 13.8 Å². The van der Waals surface area contributed by atoms with Gasteiger partial charge in [-0.25, -0.2) is 0 Å². The van der Waals surface area contributed by atoms with Gasteiger partial charge >= 0.3 is 0 Å². The molecule has 0 radical (unpaired) electrons. The molecule has 2 aromatic rings. The Hall–Kier alpha value is -2.03. The van der Waals surface area contributed by atoms with Gasteiger partial charge in [-0.15, -0.1) is 0 Å². The van der Waals surface area contributed by atoms with Crippen LogP contribution in [-0.2, 0) is 6.42 Å². The zero-order valence-corrected chi connectivity index (χ0v) is 18.3. The average molecular weight is 399 g/mol. The van der Waals surface area contributed by atoms with Gasteiger partial charge in [-0.1, -0.05) is 83.8 Å². The second-order valence-electron chi connectivity index (χ2n) is 8.23. The van der Waals surface area contributed by atoms with E-state index in [0.29, 0.717) is 11.8 Å². The minimum absolute atomic E-state index is 0.137. The van der Waals surface area contributed by atoms with Crippen LogP contribution in [0, 0.1) is 0 Å². The minimum Gasteiger partial charge on any atom is -0.504 e. The van der Waals surface area contributed by atoms with Crippen molar-refractivity contribution in [2.45, 2.75) is 97.3 Å². The zero-order chi connectivity index (χ0) is 21.1. The van der Waals surface area contributed by atoms with Gasteiger partial charge in [0.05, 0.1) is 0 Å². The largest absolute Gasteiger partial charge is 0.504 e. The van der Waals surface area contributed by atoms with Gasteiger partial charge in [0.2, 0.25) is 0 Å². The van der Waals surface area contributed by atoms with Crippen molar-refractivity contribution in [3.05, 3.63) is 35.4 Å². The SMILES string of the molecule is CCCCCCCCCCCC(=O)c1c(CCCC)ccc2c(O)c(O)ccc12. The highest BCUT2D eigenvalue weighted by Gasteiger charge is 2.17. The van der Waals surface area contributed by atoms with Gasteiger partial charge in [0.1, 0.15) is 0 Å². The standard InChI is InChI=1S/C26H38O3/c1-3-5-7-8-9-10-11-12-13-15-23(27)25-20(14-6-4-2)16-17-22-21(25)18-19-24(28)26(22)29/h16-19,28-29H,3-15H2,1-2H3. The fraction of sp³-hybridized carbons (Fsp3) is 0.577. The number of ketones is 1. The van der Waals surface area contributed by atoms with Crippen LogP contribution < -0.4 is 0 Å². The summed E-state index contributed by atoms with van der Waals surface area (Å²) in [4.78, 5) is 13.1. The van der Waals surface area contributed by atoms with Crippen molar-refractivity contribution in [2.24, 2.45) is 0 Å². The number of fused-ring (bicyclic) bond motifs is 1. The van der Waals surface area contributed by atoms with Crippen LogP contribution in [0.3, 0.4) is 0 Å². The van der Waals surface area contributed by atoms with E-state index >= 15 is 0 Å². The molecule has 0 aliphatic carbocycles. The second kappa shape index (κ2) is 12.5. The highest BCUT2D eigenvalue weighted by atomic mass is 16.3. The Morgan fingerprint density at radius 1 is 0.724 bits per heavy atom. The Morgan fingerprint density at radius 3 is 1.97 bits per heavy atom. The maximum Gasteiger partial charge on any atom is 0.165 e. The molecule has 0 spiro atoms. The van der Waals surface area contributed by atoms with Crippen molar-refractivity contribution < 1.29 is 15.0 Å². The van der Waals surface area contributed by atoms with Gasteiger partial charge in [0.15, 0.2) is 17.3 Å². The summed E-state index contributed by atoms with van der Waals surface area (Å²) < 4.78 is 0. The molecule has 0 aliphatic rings. The number of hydrogen-bond acceptors (Lipinski definition) is 3. The lowest BCUT2D eigenvalue weighted by Crippen LogP contribution is -2.05. The number of carbonyl (C=O) groups excluding carboxylic acids is 1. The first kappa shape index (κ1) is 23.3. The topological polar surface area (TPSA) is 57.5 Å². The first-order chi connectivity index (χ1) is 14.1. The summed E-state index contributed by atoms with van der Waals surface area (Å²) in [6, 6.07) is 7.02.